The third-order valence-corrected chi connectivity index (χ3v) is 12.8. The van der Waals surface area contributed by atoms with Gasteiger partial charge in [-0.1, -0.05) is 129 Å². The minimum absolute atomic E-state index is 0.339. The molecule has 0 radical (unpaired) electrons. The van der Waals surface area contributed by atoms with Gasteiger partial charge in [-0.05, 0) is 107 Å². The maximum Gasteiger partial charge on any atom is 0.238 e. The lowest BCUT2D eigenvalue weighted by molar-refractivity contribution is 0.0451. The number of nitrogens with zero attached hydrogens (tertiary/aromatic N) is 5. The number of benzene rings is 6. The number of rotatable bonds is 6. The van der Waals surface area contributed by atoms with E-state index in [0.29, 0.717) is 28.6 Å². The normalized spacial score (nSPS) is 20.5. The molecule has 55 heavy (non-hydrogen) atoms. The average molecular weight is 712 g/mol. The van der Waals surface area contributed by atoms with Gasteiger partial charge in [0.25, 0.3) is 0 Å². The van der Waals surface area contributed by atoms with Crippen molar-refractivity contribution in [2.24, 2.45) is 17.8 Å². The molecule has 4 atom stereocenters. The van der Waals surface area contributed by atoms with Crippen molar-refractivity contribution >= 4 is 21.8 Å². The van der Waals surface area contributed by atoms with Gasteiger partial charge in [0.15, 0.2) is 11.6 Å². The highest BCUT2D eigenvalue weighted by Crippen LogP contribution is 2.60. The predicted molar refractivity (Wildman–Crippen MR) is 223 cm³/mol. The first-order chi connectivity index (χ1) is 27.0. The Morgan fingerprint density at radius 1 is 0.582 bits per heavy atom. The summed E-state index contributed by atoms with van der Waals surface area (Å²) in [6, 6.07) is 53.1. The van der Waals surface area contributed by atoms with E-state index in [2.05, 4.69) is 140 Å². The molecule has 266 valence electrons. The molecule has 0 saturated heterocycles. The van der Waals surface area contributed by atoms with Gasteiger partial charge >= 0.3 is 0 Å². The van der Waals surface area contributed by atoms with Crippen LogP contribution in [0.4, 0.5) is 0 Å². The van der Waals surface area contributed by atoms with E-state index in [1.807, 2.05) is 30.3 Å². The number of para-hydroxylation sites is 1. The molecule has 0 aliphatic heterocycles. The number of nitriles is 1. The molecule has 11 rings (SSSR count). The fourth-order valence-electron chi connectivity index (χ4n) is 9.78. The van der Waals surface area contributed by atoms with Gasteiger partial charge in [0.05, 0.1) is 22.7 Å². The fourth-order valence-corrected chi connectivity index (χ4v) is 9.78. The van der Waals surface area contributed by atoms with Gasteiger partial charge in [0.1, 0.15) is 0 Å². The molecule has 2 unspecified atom stereocenters. The van der Waals surface area contributed by atoms with E-state index < -0.39 is 0 Å². The highest BCUT2D eigenvalue weighted by atomic mass is 15.2. The van der Waals surface area contributed by atoms with E-state index in [1.54, 1.807) is 0 Å². The average Bonchev–Trinajstić information content (AvgIpc) is 3.39. The van der Waals surface area contributed by atoms with Crippen LogP contribution in [0.1, 0.15) is 50.7 Å². The van der Waals surface area contributed by atoms with Crippen LogP contribution in [0.3, 0.4) is 0 Å². The zero-order valence-electron chi connectivity index (χ0n) is 31.2. The summed E-state index contributed by atoms with van der Waals surface area (Å²) in [4.78, 5) is 15.4. The Kier molecular flexibility index (Phi) is 7.96. The topological polar surface area (TPSA) is 67.4 Å². The van der Waals surface area contributed by atoms with Crippen molar-refractivity contribution in [3.63, 3.8) is 0 Å². The number of hydrogen-bond donors (Lipinski definition) is 0. The van der Waals surface area contributed by atoms with E-state index in [1.165, 1.54) is 42.4 Å². The van der Waals surface area contributed by atoms with Crippen molar-refractivity contribution < 1.29 is 0 Å². The summed E-state index contributed by atoms with van der Waals surface area (Å²) in [5.41, 5.74) is 10.9. The third kappa shape index (κ3) is 5.55. The van der Waals surface area contributed by atoms with Crippen LogP contribution in [0.2, 0.25) is 0 Å². The van der Waals surface area contributed by atoms with Gasteiger partial charge in [-0.3, -0.25) is 4.57 Å². The smallest absolute Gasteiger partial charge is 0.238 e. The minimum Gasteiger partial charge on any atom is -0.278 e. The molecule has 2 bridgehead atoms. The summed E-state index contributed by atoms with van der Waals surface area (Å²) in [5, 5.41) is 11.8. The lowest BCUT2D eigenvalue weighted by Gasteiger charge is -2.54. The largest absolute Gasteiger partial charge is 0.278 e. The van der Waals surface area contributed by atoms with E-state index in [-0.39, 0.29) is 0 Å². The van der Waals surface area contributed by atoms with E-state index in [0.717, 1.165) is 61.8 Å². The van der Waals surface area contributed by atoms with Gasteiger partial charge in [-0.15, -0.1) is 0 Å². The number of aromatic nitrogens is 4. The molecule has 5 nitrogen and oxygen atoms in total. The molecule has 3 fully saturated rings. The summed E-state index contributed by atoms with van der Waals surface area (Å²) < 4.78 is 2.16. The second-order valence-corrected chi connectivity index (χ2v) is 15.8. The zero-order chi connectivity index (χ0) is 37.1. The van der Waals surface area contributed by atoms with Crippen LogP contribution in [0, 0.1) is 29.1 Å². The number of hydrogen-bond acceptors (Lipinski definition) is 4. The van der Waals surface area contributed by atoms with Crippen LogP contribution in [-0.4, -0.2) is 19.5 Å². The van der Waals surface area contributed by atoms with Crippen molar-refractivity contribution in [2.45, 2.75) is 44.9 Å². The van der Waals surface area contributed by atoms with E-state index in [4.69, 9.17) is 15.0 Å². The monoisotopic (exact) mass is 711 g/mol. The maximum absolute atomic E-state index is 9.49. The summed E-state index contributed by atoms with van der Waals surface area (Å²) in [6.07, 6.45) is 5.40. The Hall–Kier alpha value is -6.38. The van der Waals surface area contributed by atoms with Crippen LogP contribution in [-0.2, 0) is 5.41 Å². The van der Waals surface area contributed by atoms with Gasteiger partial charge in [-0.25, -0.2) is 4.98 Å². The second kappa shape index (κ2) is 13.2. The Morgan fingerprint density at radius 2 is 1.20 bits per heavy atom. The highest BCUT2D eigenvalue weighted by Gasteiger charge is 2.53. The van der Waals surface area contributed by atoms with Crippen LogP contribution in [0.5, 0.6) is 0 Å². The summed E-state index contributed by atoms with van der Waals surface area (Å²) >= 11 is 0. The highest BCUT2D eigenvalue weighted by molar-refractivity contribution is 6.15. The number of fused-ring (bicyclic) bond motifs is 6. The van der Waals surface area contributed by atoms with Crippen molar-refractivity contribution in [3.05, 3.63) is 157 Å². The van der Waals surface area contributed by atoms with Gasteiger partial charge < -0.3 is 0 Å². The lowest BCUT2D eigenvalue weighted by Crippen LogP contribution is -2.49. The fraction of sp³-hybridized carbons (Fsp3) is 0.200. The van der Waals surface area contributed by atoms with Crippen LogP contribution in [0.25, 0.3) is 72.8 Å². The van der Waals surface area contributed by atoms with Crippen molar-refractivity contribution in [2.75, 3.05) is 0 Å². The molecule has 3 saturated carbocycles. The molecule has 2 aromatic heterocycles. The molecule has 6 aromatic carbocycles. The molecular weight excluding hydrogens is 671 g/mol. The molecule has 8 aromatic rings. The summed E-state index contributed by atoms with van der Waals surface area (Å²) in [5.74, 6) is 4.11. The van der Waals surface area contributed by atoms with E-state index >= 15 is 0 Å². The Morgan fingerprint density at radius 3 is 1.89 bits per heavy atom. The Labute approximate surface area is 322 Å². The molecule has 0 N–H and O–H groups in total. The quantitative estimate of drug-likeness (QED) is 0.172. The van der Waals surface area contributed by atoms with E-state index in [9.17, 15) is 5.26 Å². The summed E-state index contributed by atoms with van der Waals surface area (Å²) in [6.45, 7) is 4.93. The molecule has 0 spiro atoms. The van der Waals surface area contributed by atoms with Gasteiger partial charge in [0, 0.05) is 21.9 Å². The zero-order valence-corrected chi connectivity index (χ0v) is 31.2. The van der Waals surface area contributed by atoms with Crippen LogP contribution < -0.4 is 0 Å². The molecular formula is C50H41N5. The Balaban J connectivity index is 1.07. The minimum atomic E-state index is 0.339. The molecule has 0 amide bonds. The Bertz CT molecular complexity index is 2740. The first-order valence-corrected chi connectivity index (χ1v) is 19.5. The first-order valence-electron chi connectivity index (χ1n) is 19.5. The van der Waals surface area contributed by atoms with Crippen LogP contribution >= 0.6 is 0 Å². The van der Waals surface area contributed by atoms with Crippen molar-refractivity contribution in [1.29, 1.82) is 5.26 Å². The lowest BCUT2D eigenvalue weighted by atomic mass is 9.50. The van der Waals surface area contributed by atoms with Crippen molar-refractivity contribution in [3.8, 4) is 57.0 Å². The predicted octanol–water partition coefficient (Wildman–Crippen LogP) is 12.2. The molecule has 2 heterocycles. The molecule has 5 heteroatoms. The first kappa shape index (κ1) is 33.2. The summed E-state index contributed by atoms with van der Waals surface area (Å²) in [7, 11) is 0. The third-order valence-electron chi connectivity index (χ3n) is 12.8. The second-order valence-electron chi connectivity index (χ2n) is 15.8. The maximum atomic E-state index is 9.49. The molecule has 3 aliphatic rings. The van der Waals surface area contributed by atoms with Crippen LogP contribution in [0.15, 0.2) is 146 Å². The standard InChI is InChI=1S/C50H41N5/c1-32-15-18-40-30-50(29-32,33(40)2)41-27-25-36(26-28-41)35-21-23-39(24-22-35)48-52-47(38-19-16-34(31-51)17-20-38)53-49(54-48)55-44-13-7-6-11-43(44)46-42(12-8-14-45(46)55)37-9-4-3-5-10-37/h3-14,16-17,19-28,32-33,40H,15,18,29-30H2,1-2H3/t32-,33+,40?,50?/m0/s1. The van der Waals surface area contributed by atoms with Crippen molar-refractivity contribution in [1.82, 2.24) is 19.5 Å². The van der Waals surface area contributed by atoms with Gasteiger partial charge in [-0.2, -0.15) is 15.2 Å². The van der Waals surface area contributed by atoms with Gasteiger partial charge in [0.2, 0.25) is 5.95 Å². The molecule has 3 aliphatic carbocycles. The SMILES string of the molecule is C[C@H]1CCC2CC(c3ccc(-c4ccc(-c5nc(-c6ccc(C#N)cc6)nc(-n6c7ccccc7c7c(-c8ccccc8)cccc76)n5)cc4)cc3)(C1)[C@@H]2C.